The van der Waals surface area contributed by atoms with E-state index in [0.717, 1.165) is 23.6 Å². The highest BCUT2D eigenvalue weighted by molar-refractivity contribution is 6.31. The summed E-state index contributed by atoms with van der Waals surface area (Å²) in [7, 11) is 0. The van der Waals surface area contributed by atoms with E-state index in [1.165, 1.54) is 0 Å². The van der Waals surface area contributed by atoms with Crippen molar-refractivity contribution in [1.29, 1.82) is 0 Å². The Morgan fingerprint density at radius 3 is 2.50 bits per heavy atom. The summed E-state index contributed by atoms with van der Waals surface area (Å²) in [6, 6.07) is 7.96. The normalized spacial score (nSPS) is 11.7. The van der Waals surface area contributed by atoms with E-state index < -0.39 is 0 Å². The second-order valence-corrected chi connectivity index (χ2v) is 4.59. The largest absolute Gasteiger partial charge is 0.308 e. The SMILES string of the molecule is CCC(C)(C)NCc1ccccc1Cl. The Balaban J connectivity index is 2.58. The van der Waals surface area contributed by atoms with Gasteiger partial charge in [0, 0.05) is 17.1 Å². The summed E-state index contributed by atoms with van der Waals surface area (Å²) in [5.74, 6) is 0. The molecule has 0 aromatic heterocycles. The van der Waals surface area contributed by atoms with E-state index >= 15 is 0 Å². The van der Waals surface area contributed by atoms with Crippen LogP contribution in [-0.2, 0) is 6.54 Å². The first-order valence-corrected chi connectivity index (χ1v) is 5.41. The third-order valence-electron chi connectivity index (χ3n) is 2.60. The topological polar surface area (TPSA) is 12.0 Å². The molecule has 0 unspecified atom stereocenters. The van der Waals surface area contributed by atoms with Crippen LogP contribution in [0.15, 0.2) is 24.3 Å². The van der Waals surface area contributed by atoms with E-state index in [1.54, 1.807) is 0 Å². The molecule has 1 N–H and O–H groups in total. The van der Waals surface area contributed by atoms with E-state index in [1.807, 2.05) is 18.2 Å². The van der Waals surface area contributed by atoms with Gasteiger partial charge in [0.1, 0.15) is 0 Å². The minimum atomic E-state index is 0.180. The summed E-state index contributed by atoms with van der Waals surface area (Å²) in [5.41, 5.74) is 1.34. The standard InChI is InChI=1S/C12H18ClN/c1-4-12(2,3)14-9-10-7-5-6-8-11(10)13/h5-8,14H,4,9H2,1-3H3. The molecule has 0 saturated heterocycles. The lowest BCUT2D eigenvalue weighted by atomic mass is 10.0. The summed E-state index contributed by atoms with van der Waals surface area (Å²) in [4.78, 5) is 0. The van der Waals surface area contributed by atoms with Crippen molar-refractivity contribution in [3.8, 4) is 0 Å². The molecule has 14 heavy (non-hydrogen) atoms. The van der Waals surface area contributed by atoms with Crippen molar-refractivity contribution < 1.29 is 0 Å². The highest BCUT2D eigenvalue weighted by Gasteiger charge is 2.13. The lowest BCUT2D eigenvalue weighted by Crippen LogP contribution is -2.37. The second-order valence-electron chi connectivity index (χ2n) is 4.18. The lowest BCUT2D eigenvalue weighted by molar-refractivity contribution is 0.374. The monoisotopic (exact) mass is 211 g/mol. The fourth-order valence-electron chi connectivity index (χ4n) is 1.10. The van der Waals surface area contributed by atoms with Crippen LogP contribution in [0.4, 0.5) is 0 Å². The molecule has 0 spiro atoms. The summed E-state index contributed by atoms with van der Waals surface area (Å²) in [5, 5.41) is 4.32. The second kappa shape index (κ2) is 4.81. The Morgan fingerprint density at radius 1 is 1.29 bits per heavy atom. The molecule has 0 aliphatic rings. The summed E-state index contributed by atoms with van der Waals surface area (Å²) >= 11 is 6.06. The minimum Gasteiger partial charge on any atom is -0.308 e. The van der Waals surface area contributed by atoms with Crippen molar-refractivity contribution >= 4 is 11.6 Å². The molecule has 0 aliphatic heterocycles. The smallest absolute Gasteiger partial charge is 0.0450 e. The Bertz CT molecular complexity index is 294. The number of hydrogen-bond acceptors (Lipinski definition) is 1. The molecule has 0 aliphatic carbocycles. The van der Waals surface area contributed by atoms with Crippen LogP contribution in [0.2, 0.25) is 5.02 Å². The van der Waals surface area contributed by atoms with Crippen LogP contribution < -0.4 is 5.32 Å². The number of hydrogen-bond donors (Lipinski definition) is 1. The minimum absolute atomic E-state index is 0.180. The van der Waals surface area contributed by atoms with Gasteiger partial charge in [-0.15, -0.1) is 0 Å². The molecule has 1 aromatic rings. The van der Waals surface area contributed by atoms with Crippen LogP contribution in [0.5, 0.6) is 0 Å². The predicted octanol–water partition coefficient (Wildman–Crippen LogP) is 3.62. The van der Waals surface area contributed by atoms with Crippen LogP contribution in [0.3, 0.4) is 0 Å². The van der Waals surface area contributed by atoms with Gasteiger partial charge in [0.05, 0.1) is 0 Å². The van der Waals surface area contributed by atoms with Gasteiger partial charge >= 0.3 is 0 Å². The molecule has 0 fully saturated rings. The van der Waals surface area contributed by atoms with Crippen LogP contribution in [0.25, 0.3) is 0 Å². The highest BCUT2D eigenvalue weighted by Crippen LogP contribution is 2.16. The van der Waals surface area contributed by atoms with E-state index in [4.69, 9.17) is 11.6 Å². The zero-order valence-electron chi connectivity index (χ0n) is 9.10. The molecule has 0 heterocycles. The van der Waals surface area contributed by atoms with Gasteiger partial charge in [0.15, 0.2) is 0 Å². The fourth-order valence-corrected chi connectivity index (χ4v) is 1.30. The lowest BCUT2D eigenvalue weighted by Gasteiger charge is -2.24. The van der Waals surface area contributed by atoms with Crippen molar-refractivity contribution in [3.63, 3.8) is 0 Å². The predicted molar refractivity (Wildman–Crippen MR) is 62.7 cm³/mol. The Morgan fingerprint density at radius 2 is 1.93 bits per heavy atom. The van der Waals surface area contributed by atoms with Gasteiger partial charge in [-0.2, -0.15) is 0 Å². The van der Waals surface area contributed by atoms with Gasteiger partial charge in [0.25, 0.3) is 0 Å². The third-order valence-corrected chi connectivity index (χ3v) is 2.97. The van der Waals surface area contributed by atoms with Crippen molar-refractivity contribution in [1.82, 2.24) is 5.32 Å². The average Bonchev–Trinajstić information content (AvgIpc) is 2.17. The molecule has 0 atom stereocenters. The third kappa shape index (κ3) is 3.32. The van der Waals surface area contributed by atoms with Gasteiger partial charge in [0.2, 0.25) is 0 Å². The van der Waals surface area contributed by atoms with Crippen LogP contribution in [0.1, 0.15) is 32.8 Å². The Hall–Kier alpha value is -0.530. The summed E-state index contributed by atoms with van der Waals surface area (Å²) in [6.45, 7) is 7.41. The molecular weight excluding hydrogens is 194 g/mol. The molecule has 0 bridgehead atoms. The van der Waals surface area contributed by atoms with Gasteiger partial charge in [-0.3, -0.25) is 0 Å². The molecule has 0 amide bonds. The van der Waals surface area contributed by atoms with E-state index in [-0.39, 0.29) is 5.54 Å². The Kier molecular flexibility index (Phi) is 3.97. The van der Waals surface area contributed by atoms with Crippen LogP contribution >= 0.6 is 11.6 Å². The maximum absolute atomic E-state index is 6.06. The molecule has 1 nitrogen and oxygen atoms in total. The first kappa shape index (κ1) is 11.5. The highest BCUT2D eigenvalue weighted by atomic mass is 35.5. The molecule has 2 heteroatoms. The number of benzene rings is 1. The first-order chi connectivity index (χ1) is 6.55. The van der Waals surface area contributed by atoms with Crippen molar-refractivity contribution in [3.05, 3.63) is 34.9 Å². The van der Waals surface area contributed by atoms with E-state index in [9.17, 15) is 0 Å². The fraction of sp³-hybridized carbons (Fsp3) is 0.500. The van der Waals surface area contributed by atoms with Crippen molar-refractivity contribution in [2.45, 2.75) is 39.3 Å². The first-order valence-electron chi connectivity index (χ1n) is 5.03. The van der Waals surface area contributed by atoms with Gasteiger partial charge in [-0.1, -0.05) is 36.7 Å². The zero-order valence-corrected chi connectivity index (χ0v) is 9.86. The maximum Gasteiger partial charge on any atom is 0.0450 e. The van der Waals surface area contributed by atoms with E-state index in [2.05, 4.69) is 32.2 Å². The maximum atomic E-state index is 6.06. The number of nitrogens with one attached hydrogen (secondary N) is 1. The number of rotatable bonds is 4. The molecule has 0 saturated carbocycles. The van der Waals surface area contributed by atoms with Crippen LogP contribution in [-0.4, -0.2) is 5.54 Å². The summed E-state index contributed by atoms with van der Waals surface area (Å²) in [6.07, 6.45) is 1.11. The van der Waals surface area contributed by atoms with Gasteiger partial charge in [-0.25, -0.2) is 0 Å². The molecule has 1 rings (SSSR count). The average molecular weight is 212 g/mol. The van der Waals surface area contributed by atoms with Crippen molar-refractivity contribution in [2.24, 2.45) is 0 Å². The molecule has 1 aromatic carbocycles. The number of halogens is 1. The van der Waals surface area contributed by atoms with Gasteiger partial charge < -0.3 is 5.32 Å². The molecule has 0 radical (unpaired) electrons. The molecular formula is C12H18ClN. The summed E-state index contributed by atoms with van der Waals surface area (Å²) < 4.78 is 0. The van der Waals surface area contributed by atoms with E-state index in [0.29, 0.717) is 0 Å². The molecule has 78 valence electrons. The quantitative estimate of drug-likeness (QED) is 0.802. The Labute approximate surface area is 91.5 Å². The zero-order chi connectivity index (χ0) is 10.6. The van der Waals surface area contributed by atoms with Gasteiger partial charge in [-0.05, 0) is 31.9 Å². The van der Waals surface area contributed by atoms with Crippen LogP contribution in [0, 0.1) is 0 Å². The van der Waals surface area contributed by atoms with Crippen molar-refractivity contribution in [2.75, 3.05) is 0 Å².